The molecule has 0 aliphatic heterocycles. The summed E-state index contributed by atoms with van der Waals surface area (Å²) in [5, 5.41) is 13.3. The van der Waals surface area contributed by atoms with Crippen LogP contribution >= 0.6 is 11.5 Å². The van der Waals surface area contributed by atoms with E-state index in [0.29, 0.717) is 0 Å². The Kier molecular flexibility index (Phi) is 2.96. The van der Waals surface area contributed by atoms with E-state index < -0.39 is 0 Å². The molecular weight excluding hydrogens is 160 g/mol. The summed E-state index contributed by atoms with van der Waals surface area (Å²) in [6.45, 7) is 4.08. The number of aliphatic hydroxyl groups excluding tert-OH is 1. The van der Waals surface area contributed by atoms with Gasteiger partial charge in [-0.1, -0.05) is 24.8 Å². The van der Waals surface area contributed by atoms with Crippen LogP contribution in [0.25, 0.3) is 0 Å². The number of aliphatic hydroxyl groups is 1. The van der Waals surface area contributed by atoms with Crippen molar-refractivity contribution in [3.8, 4) is 0 Å². The van der Waals surface area contributed by atoms with Gasteiger partial charge in [-0.15, -0.1) is 5.10 Å². The normalized spacial score (nSPS) is 16.3. The lowest BCUT2D eigenvalue weighted by molar-refractivity contribution is 0.119. The van der Waals surface area contributed by atoms with Crippen molar-refractivity contribution in [2.24, 2.45) is 5.92 Å². The summed E-state index contributed by atoms with van der Waals surface area (Å²) in [6.07, 6.45) is 2.21. The minimum atomic E-state index is -0.389. The molecule has 4 heteroatoms. The van der Waals surface area contributed by atoms with E-state index in [4.69, 9.17) is 0 Å². The van der Waals surface area contributed by atoms with E-state index in [2.05, 4.69) is 16.5 Å². The first kappa shape index (κ1) is 8.62. The molecule has 0 spiro atoms. The molecule has 0 amide bonds. The van der Waals surface area contributed by atoms with Crippen molar-refractivity contribution in [2.75, 3.05) is 0 Å². The number of hydrogen-bond acceptors (Lipinski definition) is 4. The van der Waals surface area contributed by atoms with E-state index in [0.717, 1.165) is 11.3 Å². The molecular formula is C7H12N2OS. The predicted molar refractivity (Wildman–Crippen MR) is 44.3 cm³/mol. The van der Waals surface area contributed by atoms with E-state index in [1.807, 2.05) is 6.92 Å². The Balaban J connectivity index is 2.62. The van der Waals surface area contributed by atoms with Crippen molar-refractivity contribution >= 4 is 11.5 Å². The maximum absolute atomic E-state index is 9.61. The summed E-state index contributed by atoms with van der Waals surface area (Å²) in [5.74, 6) is 0.289. The lowest BCUT2D eigenvalue weighted by Gasteiger charge is -2.13. The summed E-state index contributed by atoms with van der Waals surface area (Å²) < 4.78 is 3.69. The highest BCUT2D eigenvalue weighted by Crippen LogP contribution is 2.25. The largest absolute Gasteiger partial charge is 0.387 e. The first-order valence-corrected chi connectivity index (χ1v) is 4.48. The fourth-order valence-electron chi connectivity index (χ4n) is 0.809. The van der Waals surface area contributed by atoms with Crippen molar-refractivity contribution in [2.45, 2.75) is 26.4 Å². The second-order valence-electron chi connectivity index (χ2n) is 2.65. The second-order valence-corrected chi connectivity index (χ2v) is 3.47. The van der Waals surface area contributed by atoms with Crippen molar-refractivity contribution in [1.82, 2.24) is 9.59 Å². The molecule has 2 atom stereocenters. The molecule has 0 saturated carbocycles. The molecule has 1 N–H and O–H groups in total. The van der Waals surface area contributed by atoms with Crippen LogP contribution in [-0.2, 0) is 0 Å². The standard InChI is InChI=1S/C7H12N2OS/c1-3-5(2)7(10)6-4-8-9-11-6/h4-5,7,10H,3H2,1-2H3. The monoisotopic (exact) mass is 172 g/mol. The molecule has 0 fully saturated rings. The third-order valence-corrected chi connectivity index (χ3v) is 2.59. The van der Waals surface area contributed by atoms with Crippen LogP contribution in [0.3, 0.4) is 0 Å². The van der Waals surface area contributed by atoms with E-state index in [1.54, 1.807) is 6.20 Å². The Hall–Kier alpha value is -0.480. The SMILES string of the molecule is CCC(C)C(O)c1cnns1. The zero-order valence-electron chi connectivity index (χ0n) is 6.69. The van der Waals surface area contributed by atoms with Crippen LogP contribution in [0.1, 0.15) is 31.2 Å². The Morgan fingerprint density at radius 3 is 2.91 bits per heavy atom. The Bertz CT molecular complexity index is 200. The highest BCUT2D eigenvalue weighted by Gasteiger charge is 2.16. The smallest absolute Gasteiger partial charge is 0.0939 e. The molecule has 0 radical (unpaired) electrons. The molecule has 1 aromatic rings. The molecule has 1 rings (SSSR count). The van der Waals surface area contributed by atoms with Gasteiger partial charge in [0.1, 0.15) is 0 Å². The first-order valence-electron chi connectivity index (χ1n) is 3.71. The molecule has 1 aromatic heterocycles. The molecule has 1 heterocycles. The van der Waals surface area contributed by atoms with E-state index in [1.165, 1.54) is 11.5 Å². The van der Waals surface area contributed by atoms with Crippen LogP contribution in [0, 0.1) is 5.92 Å². The lowest BCUT2D eigenvalue weighted by atomic mass is 10.0. The molecule has 11 heavy (non-hydrogen) atoms. The van der Waals surface area contributed by atoms with Crippen molar-refractivity contribution in [1.29, 1.82) is 0 Å². The lowest BCUT2D eigenvalue weighted by Crippen LogP contribution is -2.05. The van der Waals surface area contributed by atoms with Gasteiger partial charge in [-0.25, -0.2) is 0 Å². The fraction of sp³-hybridized carbons (Fsp3) is 0.714. The van der Waals surface area contributed by atoms with Crippen molar-refractivity contribution < 1.29 is 5.11 Å². The Labute approximate surface area is 70.2 Å². The summed E-state index contributed by atoms with van der Waals surface area (Å²) in [5.41, 5.74) is 0. The van der Waals surface area contributed by atoms with E-state index in [-0.39, 0.29) is 12.0 Å². The predicted octanol–water partition coefficient (Wildman–Crippen LogP) is 1.62. The Morgan fingerprint density at radius 1 is 1.73 bits per heavy atom. The number of aromatic nitrogens is 2. The van der Waals surface area contributed by atoms with Crippen LogP contribution in [-0.4, -0.2) is 14.7 Å². The van der Waals surface area contributed by atoms with Gasteiger partial charge in [0, 0.05) is 0 Å². The van der Waals surface area contributed by atoms with E-state index in [9.17, 15) is 5.11 Å². The van der Waals surface area contributed by atoms with Gasteiger partial charge in [-0.05, 0) is 17.5 Å². The van der Waals surface area contributed by atoms with E-state index >= 15 is 0 Å². The highest BCUT2D eigenvalue weighted by atomic mass is 32.1. The number of nitrogens with zero attached hydrogens (tertiary/aromatic N) is 2. The third-order valence-electron chi connectivity index (χ3n) is 1.85. The van der Waals surface area contributed by atoms with Gasteiger partial charge >= 0.3 is 0 Å². The second kappa shape index (κ2) is 3.78. The van der Waals surface area contributed by atoms with Gasteiger partial charge in [0.2, 0.25) is 0 Å². The average Bonchev–Trinajstić information content (AvgIpc) is 2.53. The van der Waals surface area contributed by atoms with Crippen LogP contribution in [0.4, 0.5) is 0 Å². The summed E-state index contributed by atoms with van der Waals surface area (Å²) in [7, 11) is 0. The fourth-order valence-corrected chi connectivity index (χ4v) is 1.43. The summed E-state index contributed by atoms with van der Waals surface area (Å²) >= 11 is 1.26. The summed E-state index contributed by atoms with van der Waals surface area (Å²) in [4.78, 5) is 0.861. The molecule has 3 nitrogen and oxygen atoms in total. The van der Waals surface area contributed by atoms with Crippen LogP contribution in [0.5, 0.6) is 0 Å². The molecule has 0 aliphatic rings. The molecule has 0 bridgehead atoms. The van der Waals surface area contributed by atoms with Gasteiger partial charge in [0.15, 0.2) is 0 Å². The van der Waals surface area contributed by atoms with Crippen LogP contribution < -0.4 is 0 Å². The zero-order chi connectivity index (χ0) is 8.27. The zero-order valence-corrected chi connectivity index (χ0v) is 7.51. The molecule has 2 unspecified atom stereocenters. The van der Waals surface area contributed by atoms with Crippen LogP contribution in [0.15, 0.2) is 6.20 Å². The average molecular weight is 172 g/mol. The topological polar surface area (TPSA) is 46.0 Å². The van der Waals surface area contributed by atoms with Gasteiger partial charge in [0.25, 0.3) is 0 Å². The maximum atomic E-state index is 9.61. The first-order chi connectivity index (χ1) is 5.25. The minimum Gasteiger partial charge on any atom is -0.387 e. The highest BCUT2D eigenvalue weighted by molar-refractivity contribution is 7.05. The van der Waals surface area contributed by atoms with Crippen molar-refractivity contribution in [3.63, 3.8) is 0 Å². The summed E-state index contributed by atoms with van der Waals surface area (Å²) in [6, 6.07) is 0. The molecule has 0 saturated heterocycles. The van der Waals surface area contributed by atoms with Crippen LogP contribution in [0.2, 0.25) is 0 Å². The number of rotatable bonds is 3. The third kappa shape index (κ3) is 1.97. The van der Waals surface area contributed by atoms with Gasteiger partial charge in [-0.3, -0.25) is 0 Å². The molecule has 0 aromatic carbocycles. The van der Waals surface area contributed by atoms with Gasteiger partial charge < -0.3 is 5.11 Å². The minimum absolute atomic E-state index is 0.289. The quantitative estimate of drug-likeness (QED) is 0.753. The van der Waals surface area contributed by atoms with Crippen molar-refractivity contribution in [3.05, 3.63) is 11.1 Å². The molecule has 0 aliphatic carbocycles. The van der Waals surface area contributed by atoms with Gasteiger partial charge in [0.05, 0.1) is 17.2 Å². The van der Waals surface area contributed by atoms with Gasteiger partial charge in [-0.2, -0.15) is 0 Å². The molecule has 62 valence electrons. The Morgan fingerprint density at radius 2 is 2.45 bits per heavy atom. The maximum Gasteiger partial charge on any atom is 0.0939 e. The number of hydrogen-bond donors (Lipinski definition) is 1.